The molecule has 0 amide bonds. The van der Waals surface area contributed by atoms with Crippen LogP contribution in [0.3, 0.4) is 0 Å². The molecule has 1 aromatic heterocycles. The van der Waals surface area contributed by atoms with E-state index in [0.29, 0.717) is 35.6 Å². The molecule has 0 saturated carbocycles. The summed E-state index contributed by atoms with van der Waals surface area (Å²) in [5.41, 5.74) is 0.491. The molecular formula is C19H18ClFN4O3S. The molecule has 0 aliphatic heterocycles. The zero-order chi connectivity index (χ0) is 20.8. The highest BCUT2D eigenvalue weighted by Crippen LogP contribution is 2.33. The lowest BCUT2D eigenvalue weighted by atomic mass is 10.2. The quantitative estimate of drug-likeness (QED) is 0.204. The third-order valence-corrected chi connectivity index (χ3v) is 5.52. The van der Waals surface area contributed by atoms with E-state index in [1.165, 1.54) is 30.0 Å². The van der Waals surface area contributed by atoms with E-state index in [1.54, 1.807) is 13.2 Å². The first-order valence-electron chi connectivity index (χ1n) is 8.74. The summed E-state index contributed by atoms with van der Waals surface area (Å²) < 4.78 is 21.2. The number of benzene rings is 2. The van der Waals surface area contributed by atoms with Crippen molar-refractivity contribution in [3.05, 3.63) is 69.0 Å². The molecule has 0 fully saturated rings. The average Bonchev–Trinajstić information content (AvgIpc) is 3.10. The molecule has 0 saturated heterocycles. The van der Waals surface area contributed by atoms with Crippen LogP contribution in [0.1, 0.15) is 12.0 Å². The van der Waals surface area contributed by atoms with Crippen LogP contribution >= 0.6 is 23.4 Å². The topological polar surface area (TPSA) is 83.1 Å². The van der Waals surface area contributed by atoms with Gasteiger partial charge in [0.05, 0.1) is 15.5 Å². The van der Waals surface area contributed by atoms with Crippen molar-refractivity contribution in [3.8, 4) is 11.4 Å². The van der Waals surface area contributed by atoms with Crippen LogP contribution in [-0.4, -0.2) is 33.4 Å². The van der Waals surface area contributed by atoms with E-state index < -0.39 is 10.7 Å². The SMILES string of the molecule is COCCCn1c(SCc2c(F)cccc2[N+](=O)[O-])nnc1-c1ccccc1Cl. The van der Waals surface area contributed by atoms with Crippen molar-refractivity contribution in [2.24, 2.45) is 0 Å². The highest BCUT2D eigenvalue weighted by Gasteiger charge is 2.21. The van der Waals surface area contributed by atoms with Gasteiger partial charge < -0.3 is 9.30 Å². The van der Waals surface area contributed by atoms with E-state index in [-0.39, 0.29) is 17.0 Å². The van der Waals surface area contributed by atoms with Crippen molar-refractivity contribution < 1.29 is 14.1 Å². The van der Waals surface area contributed by atoms with E-state index in [9.17, 15) is 14.5 Å². The number of nitrogens with zero attached hydrogens (tertiary/aromatic N) is 4. The first kappa shape index (κ1) is 21.2. The smallest absolute Gasteiger partial charge is 0.276 e. The molecule has 0 atom stereocenters. The van der Waals surface area contributed by atoms with Crippen molar-refractivity contribution in [1.82, 2.24) is 14.8 Å². The van der Waals surface area contributed by atoms with E-state index in [0.717, 1.165) is 5.56 Å². The molecular weight excluding hydrogens is 419 g/mol. The third kappa shape index (κ3) is 4.92. The monoisotopic (exact) mass is 436 g/mol. The van der Waals surface area contributed by atoms with Crippen molar-refractivity contribution in [3.63, 3.8) is 0 Å². The van der Waals surface area contributed by atoms with Gasteiger partial charge in [0.2, 0.25) is 0 Å². The Bertz CT molecular complexity index is 1010. The molecule has 3 aromatic rings. The largest absolute Gasteiger partial charge is 0.385 e. The lowest BCUT2D eigenvalue weighted by molar-refractivity contribution is -0.385. The summed E-state index contributed by atoms with van der Waals surface area (Å²) in [6, 6.07) is 11.1. The number of aromatic nitrogens is 3. The van der Waals surface area contributed by atoms with Gasteiger partial charge in [0.25, 0.3) is 5.69 Å². The molecule has 29 heavy (non-hydrogen) atoms. The van der Waals surface area contributed by atoms with Crippen LogP contribution < -0.4 is 0 Å². The van der Waals surface area contributed by atoms with Crippen LogP contribution in [0.4, 0.5) is 10.1 Å². The Morgan fingerprint density at radius 2 is 2.03 bits per heavy atom. The minimum absolute atomic E-state index is 0.0215. The van der Waals surface area contributed by atoms with Gasteiger partial charge >= 0.3 is 0 Å². The molecule has 10 heteroatoms. The Hall–Kier alpha value is -2.49. The normalized spacial score (nSPS) is 11.0. The number of nitro benzene ring substituents is 1. The standard InChI is InChI=1S/C19H18ClFN4O3S/c1-28-11-5-10-24-18(13-6-2-3-7-15(13)20)22-23-19(24)29-12-14-16(21)8-4-9-17(14)25(26)27/h2-4,6-9H,5,10-12H2,1H3. The highest BCUT2D eigenvalue weighted by atomic mass is 35.5. The second-order valence-corrected chi connectivity index (χ2v) is 7.42. The van der Waals surface area contributed by atoms with E-state index in [4.69, 9.17) is 16.3 Å². The van der Waals surface area contributed by atoms with E-state index in [1.807, 2.05) is 22.8 Å². The van der Waals surface area contributed by atoms with Crippen LogP contribution in [0.5, 0.6) is 0 Å². The van der Waals surface area contributed by atoms with Crippen molar-refractivity contribution in [1.29, 1.82) is 0 Å². The number of methoxy groups -OCH3 is 1. The zero-order valence-electron chi connectivity index (χ0n) is 15.5. The van der Waals surface area contributed by atoms with E-state index >= 15 is 0 Å². The maximum absolute atomic E-state index is 14.2. The average molecular weight is 437 g/mol. The number of nitro groups is 1. The van der Waals surface area contributed by atoms with Gasteiger partial charge in [-0.1, -0.05) is 41.6 Å². The van der Waals surface area contributed by atoms with Gasteiger partial charge in [0.15, 0.2) is 11.0 Å². The summed E-state index contributed by atoms with van der Waals surface area (Å²) in [4.78, 5) is 10.6. The van der Waals surface area contributed by atoms with Crippen LogP contribution in [-0.2, 0) is 17.0 Å². The number of rotatable bonds is 9. The van der Waals surface area contributed by atoms with Crippen LogP contribution in [0.25, 0.3) is 11.4 Å². The predicted molar refractivity (Wildman–Crippen MR) is 110 cm³/mol. The van der Waals surface area contributed by atoms with Crippen LogP contribution in [0, 0.1) is 15.9 Å². The molecule has 0 unspecified atom stereocenters. The number of hydrogen-bond donors (Lipinski definition) is 0. The van der Waals surface area contributed by atoms with Crippen molar-refractivity contribution >= 4 is 29.1 Å². The summed E-state index contributed by atoms with van der Waals surface area (Å²) in [6.07, 6.45) is 0.708. The molecule has 152 valence electrons. The van der Waals surface area contributed by atoms with Gasteiger partial charge in [0.1, 0.15) is 5.82 Å². The van der Waals surface area contributed by atoms with Gasteiger partial charge in [-0.25, -0.2) is 4.39 Å². The highest BCUT2D eigenvalue weighted by molar-refractivity contribution is 7.98. The fraction of sp³-hybridized carbons (Fsp3) is 0.263. The lowest BCUT2D eigenvalue weighted by Crippen LogP contribution is -2.06. The van der Waals surface area contributed by atoms with Gasteiger partial charge in [0, 0.05) is 37.6 Å². The Morgan fingerprint density at radius 3 is 2.76 bits per heavy atom. The van der Waals surface area contributed by atoms with Crippen molar-refractivity contribution in [2.75, 3.05) is 13.7 Å². The second-order valence-electron chi connectivity index (χ2n) is 6.07. The van der Waals surface area contributed by atoms with Gasteiger partial charge in [-0.15, -0.1) is 10.2 Å². The van der Waals surface area contributed by atoms with Gasteiger partial charge in [-0.2, -0.15) is 0 Å². The molecule has 0 aliphatic rings. The summed E-state index contributed by atoms with van der Waals surface area (Å²) in [5.74, 6) is 0.00852. The third-order valence-electron chi connectivity index (χ3n) is 4.20. The Labute approximate surface area is 176 Å². The minimum Gasteiger partial charge on any atom is -0.385 e. The first-order chi connectivity index (χ1) is 14.0. The Kier molecular flexibility index (Phi) is 7.18. The first-order valence-corrected chi connectivity index (χ1v) is 10.1. The number of halogens is 2. The maximum atomic E-state index is 14.2. The molecule has 0 bridgehead atoms. The molecule has 2 aromatic carbocycles. The molecule has 0 spiro atoms. The number of hydrogen-bond acceptors (Lipinski definition) is 6. The van der Waals surface area contributed by atoms with Crippen LogP contribution in [0.15, 0.2) is 47.6 Å². The molecule has 0 radical (unpaired) electrons. The molecule has 7 nitrogen and oxygen atoms in total. The number of thioether (sulfide) groups is 1. The number of ether oxygens (including phenoxy) is 1. The summed E-state index contributed by atoms with van der Waals surface area (Å²) in [7, 11) is 1.62. The zero-order valence-corrected chi connectivity index (χ0v) is 17.1. The fourth-order valence-electron chi connectivity index (χ4n) is 2.80. The summed E-state index contributed by atoms with van der Waals surface area (Å²) in [5, 5.41) is 20.8. The van der Waals surface area contributed by atoms with E-state index in [2.05, 4.69) is 10.2 Å². The Morgan fingerprint density at radius 1 is 1.24 bits per heavy atom. The maximum Gasteiger partial charge on any atom is 0.276 e. The second kappa shape index (κ2) is 9.82. The summed E-state index contributed by atoms with van der Waals surface area (Å²) >= 11 is 7.50. The van der Waals surface area contributed by atoms with Gasteiger partial charge in [-0.05, 0) is 24.6 Å². The van der Waals surface area contributed by atoms with Gasteiger partial charge in [-0.3, -0.25) is 10.1 Å². The lowest BCUT2D eigenvalue weighted by Gasteiger charge is -2.11. The molecule has 3 rings (SSSR count). The molecule has 0 aliphatic carbocycles. The van der Waals surface area contributed by atoms with Crippen LogP contribution in [0.2, 0.25) is 5.02 Å². The minimum atomic E-state index is -0.622. The summed E-state index contributed by atoms with van der Waals surface area (Å²) in [6.45, 7) is 1.10. The molecule has 1 heterocycles. The van der Waals surface area contributed by atoms with Crippen molar-refractivity contribution in [2.45, 2.75) is 23.9 Å². The fourth-order valence-corrected chi connectivity index (χ4v) is 4.02. The molecule has 0 N–H and O–H groups in total. The predicted octanol–water partition coefficient (Wildman–Crippen LogP) is 4.97. The Balaban J connectivity index is 1.92.